The Hall–Kier alpha value is -1.92. The molecule has 6 heteroatoms. The van der Waals surface area contributed by atoms with Crippen LogP contribution in [0.25, 0.3) is 11.3 Å². The van der Waals surface area contributed by atoms with Crippen LogP contribution in [0.5, 0.6) is 0 Å². The number of nitrogen functional groups attached to an aromatic ring is 1. The fourth-order valence-electron chi connectivity index (χ4n) is 2.44. The zero-order chi connectivity index (χ0) is 14.8. The highest BCUT2D eigenvalue weighted by Gasteiger charge is 2.31. The minimum atomic E-state index is -0.0929. The van der Waals surface area contributed by atoms with Crippen LogP contribution in [0.1, 0.15) is 13.3 Å². The fraction of sp³-hybridized carbons (Fsp3) is 0.333. The summed E-state index contributed by atoms with van der Waals surface area (Å²) in [7, 11) is 0. The molecule has 1 saturated heterocycles. The Morgan fingerprint density at radius 3 is 3.10 bits per heavy atom. The number of nitrogens with zero attached hydrogens (tertiary/aromatic N) is 1. The number of thiazole rings is 1. The summed E-state index contributed by atoms with van der Waals surface area (Å²) in [5, 5.41) is 5.40. The SMILES string of the molecule is CC1OCCC1C(=O)Nc1nc(-c2cccc(N)c2)cs1. The number of carbonyl (C=O) groups excluding carboxylic acids is 1. The maximum absolute atomic E-state index is 12.2. The molecule has 2 unspecified atom stereocenters. The Labute approximate surface area is 127 Å². The van der Waals surface area contributed by atoms with E-state index in [0.29, 0.717) is 17.4 Å². The van der Waals surface area contributed by atoms with Crippen molar-refractivity contribution in [1.29, 1.82) is 0 Å². The molecule has 1 amide bonds. The first-order valence-corrected chi connectivity index (χ1v) is 7.75. The number of amides is 1. The predicted molar refractivity (Wildman–Crippen MR) is 84.1 cm³/mol. The number of ether oxygens (including phenoxy) is 1. The van der Waals surface area contributed by atoms with Crippen LogP contribution < -0.4 is 11.1 Å². The van der Waals surface area contributed by atoms with Gasteiger partial charge in [0.2, 0.25) is 5.91 Å². The molecule has 1 aliphatic heterocycles. The third-order valence-corrected chi connectivity index (χ3v) is 4.39. The molecule has 1 aromatic heterocycles. The molecule has 110 valence electrons. The normalized spacial score (nSPS) is 21.4. The highest BCUT2D eigenvalue weighted by molar-refractivity contribution is 7.14. The van der Waals surface area contributed by atoms with Crippen molar-refractivity contribution in [3.8, 4) is 11.3 Å². The lowest BCUT2D eigenvalue weighted by molar-refractivity contribution is -0.121. The minimum absolute atomic E-state index is 0.0199. The summed E-state index contributed by atoms with van der Waals surface area (Å²) in [5.74, 6) is -0.113. The third-order valence-electron chi connectivity index (χ3n) is 3.63. The van der Waals surface area contributed by atoms with Crippen LogP contribution in [0.15, 0.2) is 29.6 Å². The Bertz CT molecular complexity index is 656. The van der Waals surface area contributed by atoms with Crippen molar-refractivity contribution in [3.05, 3.63) is 29.6 Å². The predicted octanol–water partition coefficient (Wildman–Crippen LogP) is 2.76. The number of hydrogen-bond acceptors (Lipinski definition) is 5. The maximum atomic E-state index is 12.2. The second-order valence-corrected chi connectivity index (χ2v) is 5.98. The first kappa shape index (κ1) is 14.0. The molecule has 0 saturated carbocycles. The second kappa shape index (κ2) is 5.83. The van der Waals surface area contributed by atoms with E-state index in [-0.39, 0.29) is 17.9 Å². The van der Waals surface area contributed by atoms with Crippen LogP contribution >= 0.6 is 11.3 Å². The highest BCUT2D eigenvalue weighted by Crippen LogP contribution is 2.27. The van der Waals surface area contributed by atoms with Crippen molar-refractivity contribution in [2.45, 2.75) is 19.4 Å². The molecule has 0 spiro atoms. The number of benzene rings is 1. The molecule has 2 heterocycles. The summed E-state index contributed by atoms with van der Waals surface area (Å²) in [4.78, 5) is 16.6. The summed E-state index contributed by atoms with van der Waals surface area (Å²) >= 11 is 1.41. The number of nitrogens with two attached hydrogens (primary N) is 1. The van der Waals surface area contributed by atoms with E-state index in [1.165, 1.54) is 11.3 Å². The molecule has 1 aromatic carbocycles. The van der Waals surface area contributed by atoms with Gasteiger partial charge in [0.25, 0.3) is 0 Å². The van der Waals surface area contributed by atoms with Gasteiger partial charge in [-0.05, 0) is 25.5 Å². The van der Waals surface area contributed by atoms with Crippen LogP contribution in [0.2, 0.25) is 0 Å². The number of aromatic nitrogens is 1. The van der Waals surface area contributed by atoms with Crippen LogP contribution in [0.4, 0.5) is 10.8 Å². The van der Waals surface area contributed by atoms with E-state index in [1.54, 1.807) is 0 Å². The van der Waals surface area contributed by atoms with Gasteiger partial charge in [-0.25, -0.2) is 4.98 Å². The first-order valence-electron chi connectivity index (χ1n) is 6.87. The van der Waals surface area contributed by atoms with Crippen LogP contribution in [0.3, 0.4) is 0 Å². The summed E-state index contributed by atoms with van der Waals surface area (Å²) < 4.78 is 5.42. The smallest absolute Gasteiger partial charge is 0.231 e. The van der Waals surface area contributed by atoms with E-state index >= 15 is 0 Å². The van der Waals surface area contributed by atoms with E-state index in [4.69, 9.17) is 10.5 Å². The average molecular weight is 303 g/mol. The van der Waals surface area contributed by atoms with E-state index < -0.39 is 0 Å². The summed E-state index contributed by atoms with van der Waals surface area (Å²) in [6.45, 7) is 2.57. The molecule has 2 atom stereocenters. The van der Waals surface area contributed by atoms with Gasteiger partial charge in [-0.2, -0.15) is 0 Å². The van der Waals surface area contributed by atoms with E-state index in [9.17, 15) is 4.79 Å². The van der Waals surface area contributed by atoms with E-state index in [1.807, 2.05) is 36.6 Å². The van der Waals surface area contributed by atoms with Gasteiger partial charge in [0, 0.05) is 23.2 Å². The van der Waals surface area contributed by atoms with Gasteiger partial charge in [-0.3, -0.25) is 4.79 Å². The van der Waals surface area contributed by atoms with Gasteiger partial charge in [-0.15, -0.1) is 11.3 Å². The molecule has 1 fully saturated rings. The lowest BCUT2D eigenvalue weighted by Crippen LogP contribution is -2.27. The average Bonchev–Trinajstić information content (AvgIpc) is 3.08. The zero-order valence-corrected chi connectivity index (χ0v) is 12.5. The van der Waals surface area contributed by atoms with Gasteiger partial charge in [0.05, 0.1) is 17.7 Å². The first-order chi connectivity index (χ1) is 10.1. The van der Waals surface area contributed by atoms with Gasteiger partial charge in [-0.1, -0.05) is 12.1 Å². The third kappa shape index (κ3) is 3.06. The molecule has 0 bridgehead atoms. The van der Waals surface area contributed by atoms with Crippen molar-refractivity contribution >= 4 is 28.1 Å². The molecule has 1 aliphatic rings. The Kier molecular flexibility index (Phi) is 3.90. The van der Waals surface area contributed by atoms with E-state index in [2.05, 4.69) is 10.3 Å². The monoisotopic (exact) mass is 303 g/mol. The van der Waals surface area contributed by atoms with Crippen LogP contribution in [-0.4, -0.2) is 23.6 Å². The van der Waals surface area contributed by atoms with Crippen LogP contribution in [0, 0.1) is 5.92 Å². The van der Waals surface area contributed by atoms with Crippen molar-refractivity contribution in [1.82, 2.24) is 4.98 Å². The molecule has 21 heavy (non-hydrogen) atoms. The second-order valence-electron chi connectivity index (χ2n) is 5.12. The maximum Gasteiger partial charge on any atom is 0.231 e. The molecule has 0 aliphatic carbocycles. The minimum Gasteiger partial charge on any atom is -0.399 e. The largest absolute Gasteiger partial charge is 0.399 e. The molecular formula is C15H17N3O2S. The lowest BCUT2D eigenvalue weighted by atomic mass is 10.0. The molecule has 2 aromatic rings. The molecule has 0 radical (unpaired) electrons. The number of anilines is 2. The van der Waals surface area contributed by atoms with E-state index in [0.717, 1.165) is 17.7 Å². The fourth-order valence-corrected chi connectivity index (χ4v) is 3.16. The van der Waals surface area contributed by atoms with Gasteiger partial charge in [0.15, 0.2) is 5.13 Å². The van der Waals surface area contributed by atoms with Gasteiger partial charge < -0.3 is 15.8 Å². The highest BCUT2D eigenvalue weighted by atomic mass is 32.1. The number of rotatable bonds is 3. The topological polar surface area (TPSA) is 77.2 Å². The zero-order valence-electron chi connectivity index (χ0n) is 11.7. The molecular weight excluding hydrogens is 286 g/mol. The Balaban J connectivity index is 1.72. The number of carbonyl (C=O) groups is 1. The summed E-state index contributed by atoms with van der Waals surface area (Å²) in [5.41, 5.74) is 8.24. The Morgan fingerprint density at radius 2 is 2.38 bits per heavy atom. The van der Waals surface area contributed by atoms with Crippen molar-refractivity contribution in [2.24, 2.45) is 5.92 Å². The van der Waals surface area contributed by atoms with Crippen molar-refractivity contribution in [2.75, 3.05) is 17.7 Å². The molecule has 5 nitrogen and oxygen atoms in total. The Morgan fingerprint density at radius 1 is 1.52 bits per heavy atom. The quantitative estimate of drug-likeness (QED) is 0.855. The van der Waals surface area contributed by atoms with Crippen molar-refractivity contribution in [3.63, 3.8) is 0 Å². The van der Waals surface area contributed by atoms with Gasteiger partial charge in [0.1, 0.15) is 0 Å². The molecule has 3 N–H and O–H groups in total. The number of nitrogens with one attached hydrogen (secondary N) is 1. The lowest BCUT2D eigenvalue weighted by Gasteiger charge is -2.12. The number of hydrogen-bond donors (Lipinski definition) is 2. The van der Waals surface area contributed by atoms with Crippen LogP contribution in [-0.2, 0) is 9.53 Å². The summed E-state index contributed by atoms with van der Waals surface area (Å²) in [6.07, 6.45) is 0.735. The standard InChI is InChI=1S/C15H17N3O2S/c1-9-12(5-6-20-9)14(19)18-15-17-13(8-21-15)10-3-2-4-11(16)7-10/h2-4,7-9,12H,5-6,16H2,1H3,(H,17,18,19). The summed E-state index contributed by atoms with van der Waals surface area (Å²) in [6, 6.07) is 7.54. The molecule has 3 rings (SSSR count). The van der Waals surface area contributed by atoms with Gasteiger partial charge >= 0.3 is 0 Å². The van der Waals surface area contributed by atoms with Crippen molar-refractivity contribution < 1.29 is 9.53 Å².